The van der Waals surface area contributed by atoms with Crippen LogP contribution < -0.4 is 5.73 Å². The van der Waals surface area contributed by atoms with Crippen molar-refractivity contribution in [2.75, 3.05) is 6.54 Å². The molecule has 3 rings (SSSR count). The zero-order valence-corrected chi connectivity index (χ0v) is 12.3. The number of nitrogens with zero attached hydrogens (tertiary/aromatic N) is 2. The molecule has 21 heavy (non-hydrogen) atoms. The summed E-state index contributed by atoms with van der Waals surface area (Å²) in [5.41, 5.74) is 5.25. The molecule has 2 saturated heterocycles. The number of sulfonamides is 1. The van der Waals surface area contributed by atoms with Crippen molar-refractivity contribution in [2.24, 2.45) is 5.73 Å². The van der Waals surface area contributed by atoms with Gasteiger partial charge in [0, 0.05) is 30.3 Å². The maximum atomic E-state index is 12.8. The fourth-order valence-corrected chi connectivity index (χ4v) is 5.66. The van der Waals surface area contributed by atoms with E-state index in [2.05, 4.69) is 0 Å². The number of hydrogen-bond donors (Lipinski definition) is 1. The smallest absolute Gasteiger partial charge is 0.269 e. The zero-order valence-electron chi connectivity index (χ0n) is 11.4. The maximum Gasteiger partial charge on any atom is 0.269 e. The molecule has 1 aromatic rings. The molecule has 114 valence electrons. The minimum absolute atomic E-state index is 0.00809. The van der Waals surface area contributed by atoms with Crippen molar-refractivity contribution in [1.82, 2.24) is 4.31 Å². The van der Waals surface area contributed by atoms with Crippen molar-refractivity contribution in [3.05, 3.63) is 34.4 Å². The van der Waals surface area contributed by atoms with E-state index < -0.39 is 20.5 Å². The number of non-ortho nitro benzene ring substituents is 1. The molecule has 0 atom stereocenters. The standard InChI is InChI=1S/C13H17N3O4S/c14-9-13-7-5-10(6-8-13)15(13)21(19,20)12-3-1-11(2-4-12)16(17)18/h1-4,10H,5-9,14H2. The number of rotatable bonds is 4. The Bertz CT molecular complexity index is 663. The van der Waals surface area contributed by atoms with Gasteiger partial charge in [-0.2, -0.15) is 4.31 Å². The number of hydrogen-bond acceptors (Lipinski definition) is 5. The number of fused-ring (bicyclic) bond motifs is 2. The first kappa shape index (κ1) is 14.4. The van der Waals surface area contributed by atoms with Gasteiger partial charge in [-0.1, -0.05) is 0 Å². The first-order chi connectivity index (χ1) is 9.90. The second kappa shape index (κ2) is 4.75. The van der Waals surface area contributed by atoms with Gasteiger partial charge in [0.1, 0.15) is 0 Å². The highest BCUT2D eigenvalue weighted by atomic mass is 32.2. The van der Waals surface area contributed by atoms with E-state index >= 15 is 0 Å². The Morgan fingerprint density at radius 1 is 1.29 bits per heavy atom. The highest BCUT2D eigenvalue weighted by Gasteiger charge is 2.56. The molecule has 0 amide bonds. The largest absolute Gasteiger partial charge is 0.329 e. The highest BCUT2D eigenvalue weighted by molar-refractivity contribution is 7.89. The lowest BCUT2D eigenvalue weighted by molar-refractivity contribution is -0.384. The van der Waals surface area contributed by atoms with Gasteiger partial charge in [-0.05, 0) is 37.8 Å². The predicted molar refractivity (Wildman–Crippen MR) is 76.2 cm³/mol. The van der Waals surface area contributed by atoms with Crippen molar-refractivity contribution >= 4 is 15.7 Å². The van der Waals surface area contributed by atoms with Crippen LogP contribution >= 0.6 is 0 Å². The lowest BCUT2D eigenvalue weighted by atomic mass is 9.88. The van der Waals surface area contributed by atoms with Crippen LogP contribution in [0.3, 0.4) is 0 Å². The summed E-state index contributed by atoms with van der Waals surface area (Å²) in [6.07, 6.45) is 3.26. The molecule has 2 heterocycles. The van der Waals surface area contributed by atoms with Crippen LogP contribution in [0.1, 0.15) is 25.7 Å². The quantitative estimate of drug-likeness (QED) is 0.665. The van der Waals surface area contributed by atoms with E-state index in [0.717, 1.165) is 25.7 Å². The molecule has 2 aliphatic heterocycles. The van der Waals surface area contributed by atoms with Gasteiger partial charge in [0.15, 0.2) is 0 Å². The van der Waals surface area contributed by atoms with Crippen molar-refractivity contribution in [3.8, 4) is 0 Å². The van der Waals surface area contributed by atoms with Crippen LogP contribution in [-0.4, -0.2) is 35.8 Å². The molecule has 0 aliphatic carbocycles. The molecule has 0 saturated carbocycles. The molecule has 2 N–H and O–H groups in total. The van der Waals surface area contributed by atoms with Gasteiger partial charge in [-0.15, -0.1) is 0 Å². The second-order valence-corrected chi connectivity index (χ2v) is 7.53. The minimum atomic E-state index is -3.66. The van der Waals surface area contributed by atoms with Gasteiger partial charge in [-0.3, -0.25) is 10.1 Å². The normalized spacial score (nSPS) is 28.9. The van der Waals surface area contributed by atoms with Crippen LogP contribution in [0.25, 0.3) is 0 Å². The molecule has 8 heteroatoms. The van der Waals surface area contributed by atoms with Crippen molar-refractivity contribution < 1.29 is 13.3 Å². The molecule has 0 aromatic heterocycles. The average molecular weight is 311 g/mol. The molecule has 0 unspecified atom stereocenters. The molecule has 2 aliphatic rings. The summed E-state index contributed by atoms with van der Waals surface area (Å²) in [4.78, 5) is 10.2. The van der Waals surface area contributed by atoms with Crippen molar-refractivity contribution in [2.45, 2.75) is 42.2 Å². The number of benzene rings is 1. The van der Waals surface area contributed by atoms with Crippen LogP contribution in [0.2, 0.25) is 0 Å². The van der Waals surface area contributed by atoms with Gasteiger partial charge in [0.05, 0.1) is 9.82 Å². The van der Waals surface area contributed by atoms with E-state index in [9.17, 15) is 18.5 Å². The monoisotopic (exact) mass is 311 g/mol. The fourth-order valence-electron chi connectivity index (χ4n) is 3.58. The summed E-state index contributed by atoms with van der Waals surface area (Å²) in [5, 5.41) is 10.7. The molecular weight excluding hydrogens is 294 g/mol. The predicted octanol–water partition coefficient (Wildman–Crippen LogP) is 1.24. The second-order valence-electron chi connectivity index (χ2n) is 5.71. The summed E-state index contributed by atoms with van der Waals surface area (Å²) < 4.78 is 27.2. The Balaban J connectivity index is 1.99. The van der Waals surface area contributed by atoms with Gasteiger partial charge in [0.25, 0.3) is 5.69 Å². The average Bonchev–Trinajstić information content (AvgIpc) is 3.04. The summed E-state index contributed by atoms with van der Waals surface area (Å²) in [6, 6.07) is 5.05. The molecule has 1 aromatic carbocycles. The molecule has 2 fully saturated rings. The van der Waals surface area contributed by atoms with Gasteiger partial charge < -0.3 is 5.73 Å². The first-order valence-electron chi connectivity index (χ1n) is 6.90. The molecule has 7 nitrogen and oxygen atoms in total. The van der Waals surface area contributed by atoms with E-state index in [1.807, 2.05) is 0 Å². The third-order valence-corrected chi connectivity index (χ3v) is 6.74. The van der Waals surface area contributed by atoms with E-state index in [0.29, 0.717) is 6.54 Å². The minimum Gasteiger partial charge on any atom is -0.329 e. The van der Waals surface area contributed by atoms with Crippen LogP contribution in [0.5, 0.6) is 0 Å². The number of nitro groups is 1. The molecular formula is C13H17N3O4S. The van der Waals surface area contributed by atoms with E-state index in [1.54, 1.807) is 4.31 Å². The number of nitro benzene ring substituents is 1. The summed E-state index contributed by atoms with van der Waals surface area (Å²) >= 11 is 0. The summed E-state index contributed by atoms with van der Waals surface area (Å²) in [7, 11) is -3.66. The topological polar surface area (TPSA) is 107 Å². The Labute approximate surface area is 122 Å². The first-order valence-corrected chi connectivity index (χ1v) is 8.34. The van der Waals surface area contributed by atoms with E-state index in [-0.39, 0.29) is 16.6 Å². The zero-order chi connectivity index (χ0) is 15.3. The third kappa shape index (κ3) is 2.05. The Morgan fingerprint density at radius 3 is 2.33 bits per heavy atom. The summed E-state index contributed by atoms with van der Waals surface area (Å²) in [6.45, 7) is 0.315. The lowest BCUT2D eigenvalue weighted by Gasteiger charge is -2.32. The summed E-state index contributed by atoms with van der Waals surface area (Å²) in [5.74, 6) is 0. The number of nitrogens with two attached hydrogens (primary N) is 1. The van der Waals surface area contributed by atoms with Crippen molar-refractivity contribution in [1.29, 1.82) is 0 Å². The van der Waals surface area contributed by atoms with Crippen LogP contribution in [0.4, 0.5) is 5.69 Å². The molecule has 0 radical (unpaired) electrons. The molecule has 2 bridgehead atoms. The Hall–Kier alpha value is -1.51. The fraction of sp³-hybridized carbons (Fsp3) is 0.538. The SMILES string of the molecule is NCC12CCC(CC1)N2S(=O)(=O)c1ccc([N+](=O)[O-])cc1. The molecule has 0 spiro atoms. The van der Waals surface area contributed by atoms with Crippen LogP contribution in [-0.2, 0) is 10.0 Å². The van der Waals surface area contributed by atoms with Crippen LogP contribution in [0, 0.1) is 10.1 Å². The van der Waals surface area contributed by atoms with Crippen LogP contribution in [0.15, 0.2) is 29.2 Å². The highest BCUT2D eigenvalue weighted by Crippen LogP contribution is 2.48. The Kier molecular flexibility index (Phi) is 3.27. The van der Waals surface area contributed by atoms with Gasteiger partial charge in [-0.25, -0.2) is 8.42 Å². The van der Waals surface area contributed by atoms with Gasteiger partial charge in [0.2, 0.25) is 10.0 Å². The van der Waals surface area contributed by atoms with Gasteiger partial charge >= 0.3 is 0 Å². The Morgan fingerprint density at radius 2 is 1.86 bits per heavy atom. The lowest BCUT2D eigenvalue weighted by Crippen LogP contribution is -2.49. The third-order valence-electron chi connectivity index (χ3n) is 4.67. The van der Waals surface area contributed by atoms with Crippen molar-refractivity contribution in [3.63, 3.8) is 0 Å². The van der Waals surface area contributed by atoms with E-state index in [1.165, 1.54) is 24.3 Å². The van der Waals surface area contributed by atoms with E-state index in [4.69, 9.17) is 5.73 Å². The maximum absolute atomic E-state index is 12.8.